The Bertz CT molecular complexity index is 997. The number of rotatable bonds is 1. The van der Waals surface area contributed by atoms with Gasteiger partial charge in [-0.1, -0.05) is 54.6 Å². The van der Waals surface area contributed by atoms with E-state index in [1.807, 2.05) is 11.3 Å². The van der Waals surface area contributed by atoms with Gasteiger partial charge < -0.3 is 0 Å². The predicted octanol–water partition coefficient (Wildman–Crippen LogP) is 7.10. The Morgan fingerprint density at radius 1 is 0.818 bits per heavy atom. The normalized spacial score (nSPS) is 11.4. The van der Waals surface area contributed by atoms with Crippen LogP contribution in [-0.4, -0.2) is 0 Å². The van der Waals surface area contributed by atoms with Crippen molar-refractivity contribution in [2.45, 2.75) is 13.8 Å². The maximum Gasteiger partial charge on any atom is 0.0503 e. The molecule has 108 valence electrons. The van der Waals surface area contributed by atoms with Crippen LogP contribution >= 0.6 is 27.3 Å². The number of aryl methyl sites for hydroxylation is 2. The number of hydrogen-bond acceptors (Lipinski definition) is 1. The molecule has 0 aliphatic heterocycles. The van der Waals surface area contributed by atoms with Gasteiger partial charge in [0.1, 0.15) is 0 Å². The molecule has 0 fully saturated rings. The molecule has 0 N–H and O–H groups in total. The third kappa shape index (κ3) is 1.94. The van der Waals surface area contributed by atoms with Crippen LogP contribution in [0.1, 0.15) is 10.4 Å². The van der Waals surface area contributed by atoms with E-state index < -0.39 is 0 Å². The number of benzene rings is 3. The minimum atomic E-state index is 1.22. The standard InChI is InChI=1S/C20H15BrS/c1-12-13(2)22-20-17(12)18(14-8-4-3-5-9-14)15-10-6-7-11-16(15)19(20)21/h3-11H,1-2H3. The topological polar surface area (TPSA) is 0 Å². The summed E-state index contributed by atoms with van der Waals surface area (Å²) in [6.45, 7) is 4.45. The maximum absolute atomic E-state index is 3.85. The highest BCUT2D eigenvalue weighted by atomic mass is 79.9. The van der Waals surface area contributed by atoms with Crippen LogP contribution in [0.15, 0.2) is 59.1 Å². The van der Waals surface area contributed by atoms with Crippen molar-refractivity contribution in [3.63, 3.8) is 0 Å². The zero-order valence-electron chi connectivity index (χ0n) is 12.5. The SMILES string of the molecule is Cc1sc2c(Br)c3ccccc3c(-c3ccccc3)c2c1C. The third-order valence-corrected chi connectivity index (χ3v) is 6.64. The number of hydrogen-bond donors (Lipinski definition) is 0. The first-order valence-corrected chi connectivity index (χ1v) is 8.94. The summed E-state index contributed by atoms with van der Waals surface area (Å²) in [6.07, 6.45) is 0. The van der Waals surface area contributed by atoms with Gasteiger partial charge in [-0.2, -0.15) is 0 Å². The second kappa shape index (κ2) is 5.22. The first-order valence-electron chi connectivity index (χ1n) is 7.34. The molecule has 0 radical (unpaired) electrons. The summed E-state index contributed by atoms with van der Waals surface area (Å²) in [7, 11) is 0. The van der Waals surface area contributed by atoms with Gasteiger partial charge in [0.05, 0.1) is 4.70 Å². The molecule has 0 bridgehead atoms. The number of halogens is 1. The van der Waals surface area contributed by atoms with Crippen molar-refractivity contribution >= 4 is 48.1 Å². The molecule has 0 saturated carbocycles. The summed E-state index contributed by atoms with van der Waals surface area (Å²) in [5.41, 5.74) is 4.04. The minimum Gasteiger partial charge on any atom is -0.139 e. The molecule has 0 aliphatic rings. The molecule has 0 aliphatic carbocycles. The fourth-order valence-electron chi connectivity index (χ4n) is 3.14. The van der Waals surface area contributed by atoms with Gasteiger partial charge in [0, 0.05) is 14.7 Å². The average molecular weight is 367 g/mol. The van der Waals surface area contributed by atoms with Gasteiger partial charge in [-0.3, -0.25) is 0 Å². The highest BCUT2D eigenvalue weighted by Gasteiger charge is 2.18. The molecule has 0 unspecified atom stereocenters. The second-order valence-electron chi connectivity index (χ2n) is 5.59. The molecule has 0 nitrogen and oxygen atoms in total. The highest BCUT2D eigenvalue weighted by Crippen LogP contribution is 2.46. The van der Waals surface area contributed by atoms with Gasteiger partial charge in [-0.15, -0.1) is 11.3 Å². The zero-order chi connectivity index (χ0) is 15.3. The van der Waals surface area contributed by atoms with Crippen LogP contribution in [-0.2, 0) is 0 Å². The first kappa shape index (κ1) is 14.0. The van der Waals surface area contributed by atoms with E-state index in [2.05, 4.69) is 84.4 Å². The van der Waals surface area contributed by atoms with Gasteiger partial charge in [-0.25, -0.2) is 0 Å². The van der Waals surface area contributed by atoms with Gasteiger partial charge >= 0.3 is 0 Å². The Labute approximate surface area is 142 Å². The largest absolute Gasteiger partial charge is 0.139 e. The number of thiophene rings is 1. The van der Waals surface area contributed by atoms with E-state index >= 15 is 0 Å². The molecular formula is C20H15BrS. The molecule has 0 atom stereocenters. The smallest absolute Gasteiger partial charge is 0.0503 e. The first-order chi connectivity index (χ1) is 10.7. The van der Waals surface area contributed by atoms with E-state index in [4.69, 9.17) is 0 Å². The predicted molar refractivity (Wildman–Crippen MR) is 102 cm³/mol. The zero-order valence-corrected chi connectivity index (χ0v) is 14.9. The van der Waals surface area contributed by atoms with Crippen molar-refractivity contribution in [2.75, 3.05) is 0 Å². The molecule has 4 rings (SSSR count). The van der Waals surface area contributed by atoms with Crippen LogP contribution in [0.25, 0.3) is 32.0 Å². The fraction of sp³-hybridized carbons (Fsp3) is 0.100. The summed E-state index contributed by atoms with van der Waals surface area (Å²) in [6, 6.07) is 19.4. The lowest BCUT2D eigenvalue weighted by molar-refractivity contribution is 1.47. The molecule has 1 heterocycles. The van der Waals surface area contributed by atoms with Crippen molar-refractivity contribution in [1.29, 1.82) is 0 Å². The average Bonchev–Trinajstić information content (AvgIpc) is 2.85. The summed E-state index contributed by atoms with van der Waals surface area (Å²) >= 11 is 5.73. The second-order valence-corrected chi connectivity index (χ2v) is 7.61. The van der Waals surface area contributed by atoms with E-state index in [0.29, 0.717) is 0 Å². The van der Waals surface area contributed by atoms with Crippen LogP contribution in [0.3, 0.4) is 0 Å². The molecule has 1 aromatic heterocycles. The summed E-state index contributed by atoms with van der Waals surface area (Å²) in [5, 5.41) is 3.99. The van der Waals surface area contributed by atoms with Crippen LogP contribution in [0.5, 0.6) is 0 Å². The summed E-state index contributed by atoms with van der Waals surface area (Å²) in [5.74, 6) is 0. The van der Waals surface area contributed by atoms with Crippen molar-refractivity contribution in [1.82, 2.24) is 0 Å². The van der Waals surface area contributed by atoms with Crippen molar-refractivity contribution in [2.24, 2.45) is 0 Å². The Morgan fingerprint density at radius 2 is 1.45 bits per heavy atom. The van der Waals surface area contributed by atoms with Crippen molar-refractivity contribution < 1.29 is 0 Å². The molecule has 3 aromatic carbocycles. The molecule has 0 spiro atoms. The van der Waals surface area contributed by atoms with Gasteiger partial charge in [0.25, 0.3) is 0 Å². The molecule has 4 aromatic rings. The molecule has 0 saturated heterocycles. The molecule has 22 heavy (non-hydrogen) atoms. The van der Waals surface area contributed by atoms with Crippen LogP contribution in [0.4, 0.5) is 0 Å². The highest BCUT2D eigenvalue weighted by molar-refractivity contribution is 9.11. The van der Waals surface area contributed by atoms with E-state index in [-0.39, 0.29) is 0 Å². The van der Waals surface area contributed by atoms with Gasteiger partial charge in [0.15, 0.2) is 0 Å². The Hall–Kier alpha value is -1.64. The molecule has 0 amide bonds. The molecular weight excluding hydrogens is 352 g/mol. The van der Waals surface area contributed by atoms with Crippen LogP contribution in [0, 0.1) is 13.8 Å². The molecule has 2 heteroatoms. The Kier molecular flexibility index (Phi) is 3.32. The van der Waals surface area contributed by atoms with E-state index in [1.54, 1.807) is 0 Å². The quantitative estimate of drug-likeness (QED) is 0.337. The summed E-state index contributed by atoms with van der Waals surface area (Å²) < 4.78 is 2.58. The van der Waals surface area contributed by atoms with Crippen LogP contribution < -0.4 is 0 Å². The third-order valence-electron chi connectivity index (χ3n) is 4.33. The van der Waals surface area contributed by atoms with Gasteiger partial charge in [-0.05, 0) is 57.2 Å². The van der Waals surface area contributed by atoms with E-state index in [9.17, 15) is 0 Å². The lowest BCUT2D eigenvalue weighted by Crippen LogP contribution is -1.86. The van der Waals surface area contributed by atoms with E-state index in [0.717, 1.165) is 0 Å². The van der Waals surface area contributed by atoms with Crippen LogP contribution in [0.2, 0.25) is 0 Å². The van der Waals surface area contributed by atoms with Gasteiger partial charge in [0.2, 0.25) is 0 Å². The monoisotopic (exact) mass is 366 g/mol. The fourth-order valence-corrected chi connectivity index (χ4v) is 5.04. The van der Waals surface area contributed by atoms with E-state index in [1.165, 1.54) is 46.9 Å². The Morgan fingerprint density at radius 3 is 2.18 bits per heavy atom. The van der Waals surface area contributed by atoms with Crippen molar-refractivity contribution in [3.8, 4) is 11.1 Å². The lowest BCUT2D eigenvalue weighted by atomic mass is 9.93. The number of fused-ring (bicyclic) bond motifs is 2. The maximum atomic E-state index is 3.85. The Balaban J connectivity index is 2.31. The van der Waals surface area contributed by atoms with Crippen molar-refractivity contribution in [3.05, 3.63) is 69.5 Å². The lowest BCUT2D eigenvalue weighted by Gasteiger charge is -2.12. The summed E-state index contributed by atoms with van der Waals surface area (Å²) in [4.78, 5) is 1.39. The minimum absolute atomic E-state index is 1.22.